The van der Waals surface area contributed by atoms with Gasteiger partial charge in [-0.2, -0.15) is 0 Å². The van der Waals surface area contributed by atoms with Crippen molar-refractivity contribution in [1.82, 2.24) is 25.1 Å². The summed E-state index contributed by atoms with van der Waals surface area (Å²) in [7, 11) is 0. The number of amides is 2. The molecule has 2 amide bonds. The lowest BCUT2D eigenvalue weighted by Crippen LogP contribution is -2.59. The Bertz CT molecular complexity index is 984. The van der Waals surface area contributed by atoms with Gasteiger partial charge in [-0.3, -0.25) is 9.59 Å². The first kappa shape index (κ1) is 24.3. The van der Waals surface area contributed by atoms with Crippen LogP contribution < -0.4 is 11.5 Å². The normalized spacial score (nSPS) is 22.8. The summed E-state index contributed by atoms with van der Waals surface area (Å²) >= 11 is 0. The topological polar surface area (TPSA) is 133 Å². The van der Waals surface area contributed by atoms with Gasteiger partial charge in [0.25, 0.3) is 0 Å². The number of primary amides is 1. The molecule has 1 aromatic heterocycles. The fourth-order valence-corrected chi connectivity index (χ4v) is 5.72. The van der Waals surface area contributed by atoms with Crippen molar-refractivity contribution >= 4 is 11.8 Å². The van der Waals surface area contributed by atoms with Crippen molar-refractivity contribution in [2.75, 3.05) is 6.54 Å². The zero-order valence-electron chi connectivity index (χ0n) is 20.3. The summed E-state index contributed by atoms with van der Waals surface area (Å²) in [4.78, 5) is 28.3. The zero-order chi connectivity index (χ0) is 24.3. The first-order valence-corrected chi connectivity index (χ1v) is 12.5. The minimum atomic E-state index is -1.26. The molecule has 1 saturated carbocycles. The van der Waals surface area contributed by atoms with Crippen LogP contribution in [0.15, 0.2) is 30.3 Å². The van der Waals surface area contributed by atoms with Crippen molar-refractivity contribution in [2.24, 2.45) is 29.2 Å². The first-order chi connectivity index (χ1) is 16.3. The standard InChI is InChI=1S/C25H37N7O2/c1-17(25(2,27)24(26)34)21(19-12-7-4-8-13-19)23(33)31-15-9-14-20(31)22-28-29-30-32(22)16-18-10-5-3-6-11-18/h3,5-6,10-11,17,19-21H,4,7-9,12-16,27H2,1-2H3,(H2,26,34)/t17?,20-,21+,25?/m0/s1. The molecule has 2 aliphatic rings. The van der Waals surface area contributed by atoms with Crippen LogP contribution in [0.2, 0.25) is 0 Å². The molecule has 1 aliphatic heterocycles. The molecule has 2 fully saturated rings. The summed E-state index contributed by atoms with van der Waals surface area (Å²) in [6.07, 6.45) is 7.01. The Kier molecular flexibility index (Phi) is 7.30. The predicted octanol–water partition coefficient (Wildman–Crippen LogP) is 2.42. The largest absolute Gasteiger partial charge is 0.368 e. The number of nitrogens with two attached hydrogens (primary N) is 2. The maximum absolute atomic E-state index is 14.2. The van der Waals surface area contributed by atoms with Crippen LogP contribution >= 0.6 is 0 Å². The molecule has 1 aromatic carbocycles. The van der Waals surface area contributed by atoms with E-state index in [0.717, 1.165) is 44.1 Å². The van der Waals surface area contributed by atoms with Crippen LogP contribution in [-0.2, 0) is 16.1 Å². The highest BCUT2D eigenvalue weighted by Gasteiger charge is 2.47. The van der Waals surface area contributed by atoms with E-state index in [1.54, 1.807) is 11.6 Å². The number of hydrogen-bond acceptors (Lipinski definition) is 6. The van der Waals surface area contributed by atoms with Crippen molar-refractivity contribution in [1.29, 1.82) is 0 Å². The van der Waals surface area contributed by atoms with E-state index >= 15 is 0 Å². The molecule has 2 unspecified atom stereocenters. The minimum absolute atomic E-state index is 0.0501. The molecule has 34 heavy (non-hydrogen) atoms. The van der Waals surface area contributed by atoms with E-state index in [-0.39, 0.29) is 29.7 Å². The quantitative estimate of drug-likeness (QED) is 0.612. The molecule has 1 aliphatic carbocycles. The maximum Gasteiger partial charge on any atom is 0.237 e. The van der Waals surface area contributed by atoms with E-state index in [0.29, 0.717) is 18.9 Å². The van der Waals surface area contributed by atoms with E-state index in [9.17, 15) is 9.59 Å². The lowest BCUT2D eigenvalue weighted by atomic mass is 9.68. The molecule has 4 N–H and O–H groups in total. The number of carbonyl (C=O) groups is 2. The lowest BCUT2D eigenvalue weighted by molar-refractivity contribution is -0.143. The number of carbonyl (C=O) groups excluding carboxylic acids is 2. The van der Waals surface area contributed by atoms with Crippen LogP contribution in [0.4, 0.5) is 0 Å². The molecular formula is C25H37N7O2. The molecular weight excluding hydrogens is 430 g/mol. The Morgan fingerprint density at radius 1 is 1.12 bits per heavy atom. The van der Waals surface area contributed by atoms with Crippen molar-refractivity contribution in [3.8, 4) is 0 Å². The molecule has 2 heterocycles. The highest BCUT2D eigenvalue weighted by atomic mass is 16.2. The second-order valence-electron chi connectivity index (χ2n) is 10.2. The highest BCUT2D eigenvalue weighted by Crippen LogP contribution is 2.41. The molecule has 2 aromatic rings. The second kappa shape index (κ2) is 10.2. The lowest BCUT2D eigenvalue weighted by Gasteiger charge is -2.41. The van der Waals surface area contributed by atoms with Crippen molar-refractivity contribution < 1.29 is 9.59 Å². The number of benzene rings is 1. The van der Waals surface area contributed by atoms with Crippen molar-refractivity contribution in [2.45, 2.75) is 76.9 Å². The third-order valence-electron chi connectivity index (χ3n) is 8.03. The fourth-order valence-electron chi connectivity index (χ4n) is 5.72. The summed E-state index contributed by atoms with van der Waals surface area (Å²) in [6, 6.07) is 9.84. The van der Waals surface area contributed by atoms with Crippen molar-refractivity contribution in [3.05, 3.63) is 41.7 Å². The number of hydrogen-bond donors (Lipinski definition) is 2. The average Bonchev–Trinajstić information content (AvgIpc) is 3.49. The molecule has 0 radical (unpaired) electrons. The van der Waals surface area contributed by atoms with E-state index in [4.69, 9.17) is 11.5 Å². The smallest absolute Gasteiger partial charge is 0.237 e. The average molecular weight is 468 g/mol. The Morgan fingerprint density at radius 3 is 2.50 bits per heavy atom. The van der Waals surface area contributed by atoms with Gasteiger partial charge in [0.05, 0.1) is 18.1 Å². The number of rotatable bonds is 8. The maximum atomic E-state index is 14.2. The molecule has 4 rings (SSSR count). The summed E-state index contributed by atoms with van der Waals surface area (Å²) < 4.78 is 1.79. The van der Waals surface area contributed by atoms with Gasteiger partial charge in [0.1, 0.15) is 0 Å². The molecule has 4 atom stereocenters. The van der Waals surface area contributed by atoms with Gasteiger partial charge in [-0.05, 0) is 60.4 Å². The van der Waals surface area contributed by atoms with Crippen LogP contribution in [0, 0.1) is 17.8 Å². The van der Waals surface area contributed by atoms with Gasteiger partial charge in [0, 0.05) is 12.5 Å². The van der Waals surface area contributed by atoms with Crippen LogP contribution in [0.25, 0.3) is 0 Å². The molecule has 0 bridgehead atoms. The Morgan fingerprint density at radius 2 is 1.82 bits per heavy atom. The Balaban J connectivity index is 1.61. The van der Waals surface area contributed by atoms with Gasteiger partial charge in [-0.25, -0.2) is 4.68 Å². The first-order valence-electron chi connectivity index (χ1n) is 12.5. The van der Waals surface area contributed by atoms with Crippen LogP contribution in [0.5, 0.6) is 0 Å². The van der Waals surface area contributed by atoms with E-state index in [1.165, 1.54) is 6.42 Å². The molecule has 9 nitrogen and oxygen atoms in total. The summed E-state index contributed by atoms with van der Waals surface area (Å²) in [5, 5.41) is 12.5. The number of aromatic nitrogens is 4. The second-order valence-corrected chi connectivity index (χ2v) is 10.2. The molecule has 9 heteroatoms. The van der Waals surface area contributed by atoms with Gasteiger partial charge in [-0.1, -0.05) is 56.5 Å². The van der Waals surface area contributed by atoms with E-state index in [2.05, 4.69) is 15.5 Å². The Labute approximate surface area is 201 Å². The number of likely N-dealkylation sites (tertiary alicyclic amines) is 1. The van der Waals surface area contributed by atoms with Gasteiger partial charge >= 0.3 is 0 Å². The summed E-state index contributed by atoms with van der Waals surface area (Å²) in [6.45, 7) is 4.76. The molecule has 0 spiro atoms. The minimum Gasteiger partial charge on any atom is -0.368 e. The van der Waals surface area contributed by atoms with E-state index < -0.39 is 11.4 Å². The van der Waals surface area contributed by atoms with Crippen LogP contribution in [0.1, 0.15) is 76.2 Å². The zero-order valence-corrected chi connectivity index (χ0v) is 20.3. The third-order valence-corrected chi connectivity index (χ3v) is 8.03. The highest BCUT2D eigenvalue weighted by molar-refractivity contribution is 5.87. The van der Waals surface area contributed by atoms with Gasteiger partial charge in [0.15, 0.2) is 5.82 Å². The SMILES string of the molecule is CC([C@@H](C(=O)N1CCC[C@H]1c1nnnn1Cc1ccccc1)C1CCCCC1)C(C)(N)C(N)=O. The predicted molar refractivity (Wildman–Crippen MR) is 128 cm³/mol. The van der Waals surface area contributed by atoms with Crippen LogP contribution in [-0.4, -0.2) is 49.0 Å². The Hall–Kier alpha value is -2.81. The monoisotopic (exact) mass is 467 g/mol. The fraction of sp³-hybridized carbons (Fsp3) is 0.640. The van der Waals surface area contributed by atoms with Crippen molar-refractivity contribution in [3.63, 3.8) is 0 Å². The summed E-state index contributed by atoms with van der Waals surface area (Å²) in [5.74, 6) is -0.355. The third kappa shape index (κ3) is 4.85. The molecule has 1 saturated heterocycles. The molecule has 184 valence electrons. The van der Waals surface area contributed by atoms with Gasteiger partial charge in [-0.15, -0.1) is 5.10 Å². The van der Waals surface area contributed by atoms with Crippen LogP contribution in [0.3, 0.4) is 0 Å². The summed E-state index contributed by atoms with van der Waals surface area (Å²) in [5.41, 5.74) is 11.9. The number of tetrazole rings is 1. The number of nitrogens with zero attached hydrogens (tertiary/aromatic N) is 5. The van der Waals surface area contributed by atoms with E-state index in [1.807, 2.05) is 42.2 Å². The van der Waals surface area contributed by atoms with Gasteiger partial charge < -0.3 is 16.4 Å². The van der Waals surface area contributed by atoms with Gasteiger partial charge in [0.2, 0.25) is 11.8 Å².